The Bertz CT molecular complexity index is 635. The van der Waals surface area contributed by atoms with Crippen LogP contribution in [0, 0.1) is 6.92 Å². The van der Waals surface area contributed by atoms with E-state index in [0.717, 1.165) is 46.1 Å². The van der Waals surface area contributed by atoms with E-state index in [9.17, 15) is 0 Å². The Labute approximate surface area is 144 Å². The van der Waals surface area contributed by atoms with E-state index in [2.05, 4.69) is 36.8 Å². The molecule has 7 heteroatoms. The van der Waals surface area contributed by atoms with Crippen LogP contribution < -0.4 is 20.1 Å². The first-order valence-electron chi connectivity index (χ1n) is 7.29. The molecule has 0 bridgehead atoms. The molecular formula is C16H21BrN4O2. The maximum Gasteiger partial charge on any atom is 0.148 e. The number of rotatable bonds is 8. The van der Waals surface area contributed by atoms with E-state index in [1.54, 1.807) is 14.2 Å². The third kappa shape index (κ3) is 5.07. The molecule has 0 radical (unpaired) electrons. The van der Waals surface area contributed by atoms with Crippen LogP contribution in [0.3, 0.4) is 0 Å². The number of halogens is 1. The van der Waals surface area contributed by atoms with Crippen molar-refractivity contribution in [1.29, 1.82) is 0 Å². The predicted molar refractivity (Wildman–Crippen MR) is 94.2 cm³/mol. The van der Waals surface area contributed by atoms with Crippen LogP contribution in [0.5, 0.6) is 11.5 Å². The maximum absolute atomic E-state index is 5.42. The fraction of sp³-hybridized carbons (Fsp3) is 0.375. The molecule has 0 aliphatic carbocycles. The standard InChI is InChI=1S/C16H21BrN4O2/c1-11-4-5-16(21-20-11)19-7-6-18-10-13-14(17)8-12(22-2)9-15(13)23-3/h4-5,8-9,18H,6-7,10H2,1-3H3,(H,19,21). The van der Waals surface area contributed by atoms with Gasteiger partial charge in [-0.15, -0.1) is 5.10 Å². The molecule has 0 aliphatic heterocycles. The fourth-order valence-electron chi connectivity index (χ4n) is 2.04. The summed E-state index contributed by atoms with van der Waals surface area (Å²) in [6.07, 6.45) is 0. The molecule has 23 heavy (non-hydrogen) atoms. The molecule has 0 aliphatic rings. The number of hydrogen-bond acceptors (Lipinski definition) is 6. The average Bonchev–Trinajstić information content (AvgIpc) is 2.56. The molecule has 0 atom stereocenters. The number of nitrogens with one attached hydrogen (secondary N) is 2. The van der Waals surface area contributed by atoms with Crippen molar-refractivity contribution in [2.75, 3.05) is 32.6 Å². The van der Waals surface area contributed by atoms with E-state index in [-0.39, 0.29) is 0 Å². The molecule has 1 aromatic carbocycles. The minimum Gasteiger partial charge on any atom is -0.497 e. The summed E-state index contributed by atoms with van der Waals surface area (Å²) in [5, 5.41) is 14.7. The highest BCUT2D eigenvalue weighted by Crippen LogP contribution is 2.32. The second-order valence-electron chi connectivity index (χ2n) is 4.95. The van der Waals surface area contributed by atoms with Gasteiger partial charge in [0, 0.05) is 35.7 Å². The monoisotopic (exact) mass is 380 g/mol. The van der Waals surface area contributed by atoms with Crippen LogP contribution in [0.15, 0.2) is 28.7 Å². The van der Waals surface area contributed by atoms with Crippen molar-refractivity contribution >= 4 is 21.7 Å². The number of methoxy groups -OCH3 is 2. The molecule has 0 spiro atoms. The average molecular weight is 381 g/mol. The summed E-state index contributed by atoms with van der Waals surface area (Å²) in [5.74, 6) is 2.33. The van der Waals surface area contributed by atoms with Crippen LogP contribution in [0.1, 0.15) is 11.3 Å². The quantitative estimate of drug-likeness (QED) is 0.686. The molecule has 2 N–H and O–H groups in total. The first-order valence-corrected chi connectivity index (χ1v) is 8.08. The molecular weight excluding hydrogens is 360 g/mol. The molecule has 124 valence electrons. The normalized spacial score (nSPS) is 10.4. The Morgan fingerprint density at radius 3 is 2.57 bits per heavy atom. The van der Waals surface area contributed by atoms with E-state index in [1.807, 2.05) is 31.2 Å². The SMILES string of the molecule is COc1cc(Br)c(CNCCNc2ccc(C)nn2)c(OC)c1. The number of benzene rings is 1. The lowest BCUT2D eigenvalue weighted by Crippen LogP contribution is -2.22. The van der Waals surface area contributed by atoms with Gasteiger partial charge in [-0.25, -0.2) is 0 Å². The predicted octanol–water partition coefficient (Wildman–Crippen LogP) is 2.77. The molecule has 0 unspecified atom stereocenters. The van der Waals surface area contributed by atoms with Crippen LogP contribution in [0.2, 0.25) is 0 Å². The van der Waals surface area contributed by atoms with Gasteiger partial charge in [0.05, 0.1) is 19.9 Å². The minimum absolute atomic E-state index is 0.689. The van der Waals surface area contributed by atoms with E-state index < -0.39 is 0 Å². The van der Waals surface area contributed by atoms with Crippen molar-refractivity contribution in [2.24, 2.45) is 0 Å². The lowest BCUT2D eigenvalue weighted by Gasteiger charge is -2.14. The summed E-state index contributed by atoms with van der Waals surface area (Å²) in [4.78, 5) is 0. The van der Waals surface area contributed by atoms with Crippen LogP contribution in [0.25, 0.3) is 0 Å². The lowest BCUT2D eigenvalue weighted by atomic mass is 10.2. The first-order chi connectivity index (χ1) is 11.1. The van der Waals surface area contributed by atoms with Gasteiger partial charge in [-0.2, -0.15) is 5.10 Å². The van der Waals surface area contributed by atoms with Crippen molar-refractivity contribution < 1.29 is 9.47 Å². The summed E-state index contributed by atoms with van der Waals surface area (Å²) in [5.41, 5.74) is 1.97. The van der Waals surface area contributed by atoms with Crippen molar-refractivity contribution in [2.45, 2.75) is 13.5 Å². The summed E-state index contributed by atoms with van der Waals surface area (Å²) in [7, 11) is 3.29. The number of ether oxygens (including phenoxy) is 2. The topological polar surface area (TPSA) is 68.3 Å². The maximum atomic E-state index is 5.42. The number of aromatic nitrogens is 2. The molecule has 2 aromatic rings. The highest BCUT2D eigenvalue weighted by Gasteiger charge is 2.10. The molecule has 1 aromatic heterocycles. The second kappa shape index (κ2) is 8.69. The van der Waals surface area contributed by atoms with E-state index >= 15 is 0 Å². The second-order valence-corrected chi connectivity index (χ2v) is 5.81. The van der Waals surface area contributed by atoms with Crippen molar-refractivity contribution in [3.63, 3.8) is 0 Å². The van der Waals surface area contributed by atoms with Crippen LogP contribution in [-0.2, 0) is 6.54 Å². The van der Waals surface area contributed by atoms with Crippen LogP contribution >= 0.6 is 15.9 Å². The number of aryl methyl sites for hydroxylation is 1. The Hall–Kier alpha value is -1.86. The summed E-state index contributed by atoms with van der Waals surface area (Å²) in [6, 6.07) is 7.66. The van der Waals surface area contributed by atoms with Gasteiger partial charge in [0.2, 0.25) is 0 Å². The molecule has 1 heterocycles. The van der Waals surface area contributed by atoms with Crippen molar-refractivity contribution in [3.05, 3.63) is 40.0 Å². The molecule has 0 fully saturated rings. The number of hydrogen-bond donors (Lipinski definition) is 2. The Kier molecular flexibility index (Phi) is 6.61. The van der Waals surface area contributed by atoms with Gasteiger partial charge in [-0.05, 0) is 25.1 Å². The highest BCUT2D eigenvalue weighted by atomic mass is 79.9. The fourth-order valence-corrected chi connectivity index (χ4v) is 2.61. The first kappa shape index (κ1) is 17.5. The summed E-state index contributed by atoms with van der Waals surface area (Å²) >= 11 is 3.56. The number of anilines is 1. The Balaban J connectivity index is 1.83. The zero-order valence-corrected chi connectivity index (χ0v) is 15.1. The zero-order valence-electron chi connectivity index (χ0n) is 13.5. The molecule has 0 saturated heterocycles. The van der Waals surface area contributed by atoms with Crippen molar-refractivity contribution in [1.82, 2.24) is 15.5 Å². The van der Waals surface area contributed by atoms with Crippen LogP contribution in [0.4, 0.5) is 5.82 Å². The smallest absolute Gasteiger partial charge is 0.148 e. The zero-order chi connectivity index (χ0) is 16.7. The van der Waals surface area contributed by atoms with Gasteiger partial charge in [0.15, 0.2) is 0 Å². The van der Waals surface area contributed by atoms with Gasteiger partial charge in [-0.1, -0.05) is 15.9 Å². The summed E-state index contributed by atoms with van der Waals surface area (Å²) in [6.45, 7) is 4.15. The number of nitrogens with zero attached hydrogens (tertiary/aromatic N) is 2. The highest BCUT2D eigenvalue weighted by molar-refractivity contribution is 9.10. The van der Waals surface area contributed by atoms with Crippen LogP contribution in [-0.4, -0.2) is 37.5 Å². The van der Waals surface area contributed by atoms with Gasteiger partial charge < -0.3 is 20.1 Å². The minimum atomic E-state index is 0.689. The largest absolute Gasteiger partial charge is 0.497 e. The van der Waals surface area contributed by atoms with Gasteiger partial charge in [0.1, 0.15) is 17.3 Å². The molecule has 0 amide bonds. The van der Waals surface area contributed by atoms with Gasteiger partial charge in [-0.3, -0.25) is 0 Å². The Morgan fingerprint density at radius 1 is 1.09 bits per heavy atom. The molecule has 2 rings (SSSR count). The molecule has 0 saturated carbocycles. The molecule has 6 nitrogen and oxygen atoms in total. The van der Waals surface area contributed by atoms with Gasteiger partial charge >= 0.3 is 0 Å². The third-order valence-electron chi connectivity index (χ3n) is 3.29. The summed E-state index contributed by atoms with van der Waals surface area (Å²) < 4.78 is 11.6. The lowest BCUT2D eigenvalue weighted by molar-refractivity contribution is 0.389. The van der Waals surface area contributed by atoms with Gasteiger partial charge in [0.25, 0.3) is 0 Å². The van der Waals surface area contributed by atoms with E-state index in [4.69, 9.17) is 9.47 Å². The van der Waals surface area contributed by atoms with E-state index in [1.165, 1.54) is 0 Å². The van der Waals surface area contributed by atoms with Crippen molar-refractivity contribution in [3.8, 4) is 11.5 Å². The Morgan fingerprint density at radius 2 is 1.91 bits per heavy atom. The van der Waals surface area contributed by atoms with E-state index in [0.29, 0.717) is 6.54 Å². The third-order valence-corrected chi connectivity index (χ3v) is 4.00.